The summed E-state index contributed by atoms with van der Waals surface area (Å²) in [5, 5.41) is 4.43. The number of benzene rings is 1. The van der Waals surface area contributed by atoms with E-state index in [2.05, 4.69) is 52.4 Å². The van der Waals surface area contributed by atoms with Gasteiger partial charge in [-0.25, -0.2) is 5.43 Å². The Morgan fingerprint density at radius 3 is 2.95 bits per heavy atom. The van der Waals surface area contributed by atoms with Gasteiger partial charge in [0.1, 0.15) is 5.75 Å². The third kappa shape index (κ3) is 2.59. The van der Waals surface area contributed by atoms with Crippen LogP contribution in [0, 0.1) is 0 Å². The van der Waals surface area contributed by atoms with E-state index in [-0.39, 0.29) is 12.1 Å². The van der Waals surface area contributed by atoms with Crippen molar-refractivity contribution in [1.82, 2.24) is 15.2 Å². The molecule has 1 atom stereocenters. The number of aromatic nitrogens is 2. The van der Waals surface area contributed by atoms with Crippen molar-refractivity contribution in [3.63, 3.8) is 0 Å². The van der Waals surface area contributed by atoms with Gasteiger partial charge in [-0.1, -0.05) is 6.07 Å². The second-order valence-corrected chi connectivity index (χ2v) is 6.34. The lowest BCUT2D eigenvalue weighted by molar-refractivity contribution is 0.356. The van der Waals surface area contributed by atoms with Gasteiger partial charge in [0.2, 0.25) is 0 Å². The molecular formula is C15H19BrN4O. The third-order valence-electron chi connectivity index (χ3n) is 3.76. The van der Waals surface area contributed by atoms with Crippen molar-refractivity contribution in [2.45, 2.75) is 32.4 Å². The molecule has 3 rings (SSSR count). The molecule has 1 aromatic heterocycles. The first kappa shape index (κ1) is 14.6. The molecule has 0 spiro atoms. The highest BCUT2D eigenvalue weighted by Crippen LogP contribution is 2.33. The van der Waals surface area contributed by atoms with Gasteiger partial charge in [0, 0.05) is 12.5 Å². The zero-order chi connectivity index (χ0) is 15.0. The first-order chi connectivity index (χ1) is 10.1. The predicted molar refractivity (Wildman–Crippen MR) is 85.1 cm³/mol. The average Bonchev–Trinajstić information content (AvgIpc) is 3.07. The summed E-state index contributed by atoms with van der Waals surface area (Å²) in [6, 6.07) is 6.39. The molecule has 0 fully saturated rings. The number of hydrogen-bond donors (Lipinski definition) is 2. The van der Waals surface area contributed by atoms with Crippen LogP contribution in [-0.2, 0) is 6.42 Å². The molecule has 6 heteroatoms. The lowest BCUT2D eigenvalue weighted by atomic mass is 10.0. The van der Waals surface area contributed by atoms with Crippen LogP contribution in [0.3, 0.4) is 0 Å². The van der Waals surface area contributed by atoms with Crippen LogP contribution in [0.5, 0.6) is 5.75 Å². The highest BCUT2D eigenvalue weighted by atomic mass is 79.9. The van der Waals surface area contributed by atoms with Crippen LogP contribution in [-0.4, -0.2) is 16.4 Å². The molecule has 2 heterocycles. The fraction of sp³-hybridized carbons (Fsp3) is 0.400. The third-order valence-corrected chi connectivity index (χ3v) is 4.37. The molecule has 2 aromatic rings. The normalized spacial score (nSPS) is 15.1. The van der Waals surface area contributed by atoms with Gasteiger partial charge in [-0.15, -0.1) is 0 Å². The quantitative estimate of drug-likeness (QED) is 0.657. The number of nitrogens with zero attached hydrogens (tertiary/aromatic N) is 2. The van der Waals surface area contributed by atoms with Gasteiger partial charge in [0.25, 0.3) is 0 Å². The van der Waals surface area contributed by atoms with E-state index < -0.39 is 0 Å². The first-order valence-electron chi connectivity index (χ1n) is 7.06. The second kappa shape index (κ2) is 5.79. The van der Waals surface area contributed by atoms with Gasteiger partial charge < -0.3 is 4.74 Å². The van der Waals surface area contributed by atoms with Crippen LogP contribution in [0.15, 0.2) is 28.9 Å². The monoisotopic (exact) mass is 350 g/mol. The Hall–Kier alpha value is -1.37. The number of hydrogen-bond acceptors (Lipinski definition) is 4. The highest BCUT2D eigenvalue weighted by molar-refractivity contribution is 9.10. The maximum Gasteiger partial charge on any atom is 0.122 e. The summed E-state index contributed by atoms with van der Waals surface area (Å²) in [6.07, 6.45) is 2.77. The maximum absolute atomic E-state index is 5.84. The fourth-order valence-electron chi connectivity index (χ4n) is 2.75. The fourth-order valence-corrected chi connectivity index (χ4v) is 3.25. The molecule has 1 unspecified atom stereocenters. The van der Waals surface area contributed by atoms with E-state index in [0.717, 1.165) is 34.5 Å². The number of hydrazine groups is 1. The van der Waals surface area contributed by atoms with Gasteiger partial charge in [0.05, 0.1) is 29.0 Å². The van der Waals surface area contributed by atoms with E-state index in [1.807, 2.05) is 16.9 Å². The second-order valence-electron chi connectivity index (χ2n) is 5.48. The molecule has 3 N–H and O–H groups in total. The molecule has 0 bridgehead atoms. The lowest BCUT2D eigenvalue weighted by Crippen LogP contribution is -2.31. The van der Waals surface area contributed by atoms with Crippen LogP contribution < -0.4 is 16.0 Å². The van der Waals surface area contributed by atoms with E-state index in [1.54, 1.807) is 0 Å². The summed E-state index contributed by atoms with van der Waals surface area (Å²) in [4.78, 5) is 0. The summed E-state index contributed by atoms with van der Waals surface area (Å²) in [6.45, 7) is 4.97. The van der Waals surface area contributed by atoms with Crippen LogP contribution in [0.1, 0.15) is 42.8 Å². The molecule has 0 saturated heterocycles. The number of nitrogens with two attached hydrogens (primary N) is 1. The zero-order valence-electron chi connectivity index (χ0n) is 12.1. The van der Waals surface area contributed by atoms with Crippen molar-refractivity contribution in [2.24, 2.45) is 5.84 Å². The van der Waals surface area contributed by atoms with E-state index in [1.165, 1.54) is 5.56 Å². The Kier molecular flexibility index (Phi) is 4.01. The minimum Gasteiger partial charge on any atom is -0.493 e. The minimum atomic E-state index is -0.116. The van der Waals surface area contributed by atoms with E-state index in [0.29, 0.717) is 0 Å². The summed E-state index contributed by atoms with van der Waals surface area (Å²) in [5.41, 5.74) is 6.30. The molecule has 0 aliphatic carbocycles. The number of fused-ring (bicyclic) bond motifs is 1. The number of ether oxygens (including phenoxy) is 1. The predicted octanol–water partition coefficient (Wildman–Crippen LogP) is 2.71. The van der Waals surface area contributed by atoms with Crippen molar-refractivity contribution in [2.75, 3.05) is 6.61 Å². The van der Waals surface area contributed by atoms with Crippen molar-refractivity contribution >= 4 is 15.9 Å². The number of rotatable bonds is 4. The van der Waals surface area contributed by atoms with E-state index >= 15 is 0 Å². The molecule has 1 aliphatic rings. The van der Waals surface area contributed by atoms with E-state index in [4.69, 9.17) is 10.6 Å². The van der Waals surface area contributed by atoms with Crippen molar-refractivity contribution in [1.29, 1.82) is 0 Å². The van der Waals surface area contributed by atoms with Gasteiger partial charge in [0.15, 0.2) is 0 Å². The molecule has 0 amide bonds. The Morgan fingerprint density at radius 2 is 2.24 bits per heavy atom. The summed E-state index contributed by atoms with van der Waals surface area (Å²) < 4.78 is 8.50. The van der Waals surface area contributed by atoms with Crippen LogP contribution in [0.2, 0.25) is 0 Å². The SMILES string of the molecule is CC(C)n1ncc(Br)c1C(NN)c1ccc2c(c1)CCO2. The Morgan fingerprint density at radius 1 is 1.43 bits per heavy atom. The van der Waals surface area contributed by atoms with Gasteiger partial charge in [-0.3, -0.25) is 10.5 Å². The molecule has 0 radical (unpaired) electrons. The Bertz CT molecular complexity index is 653. The van der Waals surface area contributed by atoms with Gasteiger partial charge >= 0.3 is 0 Å². The van der Waals surface area contributed by atoms with Crippen LogP contribution in [0.4, 0.5) is 0 Å². The van der Waals surface area contributed by atoms with Crippen LogP contribution in [0.25, 0.3) is 0 Å². The van der Waals surface area contributed by atoms with Crippen molar-refractivity contribution in [3.8, 4) is 5.75 Å². The summed E-state index contributed by atoms with van der Waals surface area (Å²) in [5.74, 6) is 6.81. The number of halogens is 1. The molecule has 0 saturated carbocycles. The topological polar surface area (TPSA) is 65.1 Å². The molecule has 1 aromatic carbocycles. The molecule has 5 nitrogen and oxygen atoms in total. The van der Waals surface area contributed by atoms with Crippen LogP contribution >= 0.6 is 15.9 Å². The summed E-state index contributed by atoms with van der Waals surface area (Å²) in [7, 11) is 0. The number of nitrogens with one attached hydrogen (secondary N) is 1. The molecular weight excluding hydrogens is 332 g/mol. The first-order valence-corrected chi connectivity index (χ1v) is 7.85. The standard InChI is InChI=1S/C15H19BrN4O/c1-9(2)20-15(12(16)8-18-20)14(19-17)11-3-4-13-10(7-11)5-6-21-13/h3-4,7-9,14,19H,5-6,17H2,1-2H3. The Balaban J connectivity index is 2.05. The van der Waals surface area contributed by atoms with E-state index in [9.17, 15) is 0 Å². The minimum absolute atomic E-state index is 0.116. The molecule has 112 valence electrons. The Labute approximate surface area is 132 Å². The summed E-state index contributed by atoms with van der Waals surface area (Å²) >= 11 is 3.58. The van der Waals surface area contributed by atoms with Gasteiger partial charge in [-0.2, -0.15) is 5.10 Å². The zero-order valence-corrected chi connectivity index (χ0v) is 13.7. The van der Waals surface area contributed by atoms with Crippen molar-refractivity contribution in [3.05, 3.63) is 45.7 Å². The average molecular weight is 351 g/mol. The lowest BCUT2D eigenvalue weighted by Gasteiger charge is -2.21. The highest BCUT2D eigenvalue weighted by Gasteiger charge is 2.24. The molecule has 21 heavy (non-hydrogen) atoms. The maximum atomic E-state index is 5.84. The van der Waals surface area contributed by atoms with Gasteiger partial charge in [-0.05, 0) is 53.0 Å². The molecule has 1 aliphatic heterocycles. The largest absolute Gasteiger partial charge is 0.493 e. The smallest absolute Gasteiger partial charge is 0.122 e. The van der Waals surface area contributed by atoms with Crippen molar-refractivity contribution < 1.29 is 4.74 Å².